The number of hydrogen-bond donors (Lipinski definition) is 1. The van der Waals surface area contributed by atoms with E-state index in [4.69, 9.17) is 4.74 Å². The van der Waals surface area contributed by atoms with Gasteiger partial charge in [-0.1, -0.05) is 22.9 Å². The summed E-state index contributed by atoms with van der Waals surface area (Å²) < 4.78 is 7.58. The van der Waals surface area contributed by atoms with E-state index in [0.29, 0.717) is 6.04 Å². The lowest BCUT2D eigenvalue weighted by molar-refractivity contribution is -0.0269. The van der Waals surface area contributed by atoms with E-state index < -0.39 is 0 Å². The van der Waals surface area contributed by atoms with E-state index in [1.54, 1.807) is 0 Å². The van der Waals surface area contributed by atoms with Crippen LogP contribution in [0, 0.1) is 0 Å². The first kappa shape index (κ1) is 14.4. The molecule has 2 aliphatic heterocycles. The number of ether oxygens (including phenoxy) is 1. The Morgan fingerprint density at radius 3 is 3.10 bits per heavy atom. The Balaban J connectivity index is 1.94. The Labute approximate surface area is 129 Å². The average molecular weight is 339 g/mol. The molecule has 0 aromatic heterocycles. The van der Waals surface area contributed by atoms with E-state index in [-0.39, 0.29) is 5.60 Å². The molecule has 4 heteroatoms. The number of likely N-dealkylation sites (tertiary alicyclic amines) is 1. The largest absolute Gasteiger partial charge is 0.486 e. The van der Waals surface area contributed by atoms with Crippen LogP contribution in [0.3, 0.4) is 0 Å². The second-order valence-electron chi connectivity index (χ2n) is 6.12. The van der Waals surface area contributed by atoms with Crippen LogP contribution in [0.15, 0.2) is 22.7 Å². The normalized spacial score (nSPS) is 30.1. The van der Waals surface area contributed by atoms with Gasteiger partial charge in [0.15, 0.2) is 0 Å². The van der Waals surface area contributed by atoms with Gasteiger partial charge in [-0.3, -0.25) is 0 Å². The predicted molar refractivity (Wildman–Crippen MR) is 85.3 cm³/mol. The highest BCUT2D eigenvalue weighted by molar-refractivity contribution is 9.10. The molecular weight excluding hydrogens is 316 g/mol. The summed E-state index contributed by atoms with van der Waals surface area (Å²) in [6, 6.07) is 6.78. The molecule has 1 spiro atoms. The van der Waals surface area contributed by atoms with Gasteiger partial charge in [-0.2, -0.15) is 0 Å². The van der Waals surface area contributed by atoms with Gasteiger partial charge in [0.1, 0.15) is 11.4 Å². The van der Waals surface area contributed by atoms with E-state index >= 15 is 0 Å². The molecule has 1 fully saturated rings. The fourth-order valence-electron chi connectivity index (χ4n) is 3.64. The number of piperidine rings is 1. The summed E-state index contributed by atoms with van der Waals surface area (Å²) in [5.41, 5.74) is 1.28. The van der Waals surface area contributed by atoms with Crippen LogP contribution in [0.2, 0.25) is 0 Å². The van der Waals surface area contributed by atoms with Gasteiger partial charge in [-0.25, -0.2) is 0 Å². The molecule has 2 atom stereocenters. The van der Waals surface area contributed by atoms with Crippen molar-refractivity contribution in [1.82, 2.24) is 10.2 Å². The zero-order chi connectivity index (χ0) is 14.2. The van der Waals surface area contributed by atoms with Crippen LogP contribution in [0.25, 0.3) is 0 Å². The summed E-state index contributed by atoms with van der Waals surface area (Å²) in [6.45, 7) is 5.38. The van der Waals surface area contributed by atoms with Crippen molar-refractivity contribution in [2.45, 2.75) is 37.8 Å². The third-order valence-electron chi connectivity index (χ3n) is 4.43. The number of fused-ring (bicyclic) bond motifs is 1. The van der Waals surface area contributed by atoms with Crippen molar-refractivity contribution < 1.29 is 4.74 Å². The average Bonchev–Trinajstić information content (AvgIpc) is 2.40. The Morgan fingerprint density at radius 2 is 2.35 bits per heavy atom. The molecule has 0 saturated carbocycles. The zero-order valence-electron chi connectivity index (χ0n) is 12.3. The number of nitrogens with one attached hydrogen (secondary N) is 1. The summed E-state index contributed by atoms with van der Waals surface area (Å²) >= 11 is 3.57. The third kappa shape index (κ3) is 2.74. The van der Waals surface area contributed by atoms with Crippen molar-refractivity contribution in [1.29, 1.82) is 0 Å². The Morgan fingerprint density at radius 1 is 1.50 bits per heavy atom. The maximum atomic E-state index is 6.46. The van der Waals surface area contributed by atoms with Crippen molar-refractivity contribution >= 4 is 15.9 Å². The molecule has 1 aromatic rings. The zero-order valence-corrected chi connectivity index (χ0v) is 13.9. The molecule has 0 amide bonds. The quantitative estimate of drug-likeness (QED) is 0.894. The van der Waals surface area contributed by atoms with Crippen LogP contribution in [0.5, 0.6) is 5.75 Å². The summed E-state index contributed by atoms with van der Waals surface area (Å²) in [6.07, 6.45) is 3.45. The molecule has 1 N–H and O–H groups in total. The van der Waals surface area contributed by atoms with Crippen LogP contribution in [-0.4, -0.2) is 37.2 Å². The maximum Gasteiger partial charge on any atom is 0.125 e. The fraction of sp³-hybridized carbons (Fsp3) is 0.625. The van der Waals surface area contributed by atoms with Gasteiger partial charge in [-0.05, 0) is 51.2 Å². The highest BCUT2D eigenvalue weighted by Gasteiger charge is 2.43. The molecule has 0 aliphatic carbocycles. The van der Waals surface area contributed by atoms with E-state index in [9.17, 15) is 0 Å². The van der Waals surface area contributed by atoms with Gasteiger partial charge in [-0.15, -0.1) is 0 Å². The second kappa shape index (κ2) is 5.66. The van der Waals surface area contributed by atoms with E-state index in [1.165, 1.54) is 18.5 Å². The molecule has 20 heavy (non-hydrogen) atoms. The number of hydrogen-bond acceptors (Lipinski definition) is 3. The standard InChI is InChI=1S/C16H23BrN2O/c1-3-18-14-10-16(7-4-8-19(2)11-16)20-15-6-5-12(17)9-13(14)15/h5-6,9,14,18H,3-4,7-8,10-11H2,1-2H3. The number of benzene rings is 1. The fourth-order valence-corrected chi connectivity index (χ4v) is 4.02. The Hall–Kier alpha value is -0.580. The first-order valence-electron chi connectivity index (χ1n) is 7.52. The summed E-state index contributed by atoms with van der Waals surface area (Å²) in [5.74, 6) is 1.06. The van der Waals surface area contributed by atoms with Gasteiger partial charge in [0, 0.05) is 29.0 Å². The lowest BCUT2D eigenvalue weighted by Gasteiger charge is -2.47. The van der Waals surface area contributed by atoms with Crippen molar-refractivity contribution in [3.63, 3.8) is 0 Å². The molecule has 1 aromatic carbocycles. The van der Waals surface area contributed by atoms with Crippen molar-refractivity contribution in [3.05, 3.63) is 28.2 Å². The second-order valence-corrected chi connectivity index (χ2v) is 7.04. The van der Waals surface area contributed by atoms with Gasteiger partial charge in [0.05, 0.1) is 0 Å². The molecule has 2 unspecified atom stereocenters. The maximum absolute atomic E-state index is 6.46. The SMILES string of the molecule is CCNC1CC2(CCCN(C)C2)Oc2ccc(Br)cc21. The molecule has 110 valence electrons. The highest BCUT2D eigenvalue weighted by atomic mass is 79.9. The minimum atomic E-state index is -0.0132. The van der Waals surface area contributed by atoms with Gasteiger partial charge < -0.3 is 15.0 Å². The lowest BCUT2D eigenvalue weighted by Crippen LogP contribution is -2.54. The molecule has 3 rings (SSSR count). The van der Waals surface area contributed by atoms with Crippen LogP contribution < -0.4 is 10.1 Å². The number of likely N-dealkylation sites (N-methyl/N-ethyl adjacent to an activating group) is 1. The highest BCUT2D eigenvalue weighted by Crippen LogP contribution is 2.44. The van der Waals surface area contributed by atoms with Crippen LogP contribution in [0.1, 0.15) is 37.8 Å². The Kier molecular flexibility index (Phi) is 4.07. The van der Waals surface area contributed by atoms with Crippen LogP contribution in [-0.2, 0) is 0 Å². The number of halogens is 1. The molecule has 1 saturated heterocycles. The first-order chi connectivity index (χ1) is 9.62. The summed E-state index contributed by atoms with van der Waals surface area (Å²) in [7, 11) is 2.20. The van der Waals surface area contributed by atoms with Gasteiger partial charge in [0.25, 0.3) is 0 Å². The van der Waals surface area contributed by atoms with Crippen molar-refractivity contribution in [2.75, 3.05) is 26.7 Å². The molecule has 0 bridgehead atoms. The molecular formula is C16H23BrN2O. The molecule has 2 aliphatic rings. The molecule has 3 nitrogen and oxygen atoms in total. The number of rotatable bonds is 2. The summed E-state index contributed by atoms with van der Waals surface area (Å²) in [5, 5.41) is 3.63. The smallest absolute Gasteiger partial charge is 0.125 e. The van der Waals surface area contributed by atoms with E-state index in [0.717, 1.165) is 36.2 Å². The van der Waals surface area contributed by atoms with Crippen LogP contribution in [0.4, 0.5) is 0 Å². The van der Waals surface area contributed by atoms with E-state index in [1.807, 2.05) is 0 Å². The van der Waals surface area contributed by atoms with Crippen molar-refractivity contribution in [3.8, 4) is 5.75 Å². The molecule has 2 heterocycles. The summed E-state index contributed by atoms with van der Waals surface area (Å²) in [4.78, 5) is 2.40. The Bertz CT molecular complexity index is 493. The van der Waals surface area contributed by atoms with E-state index in [2.05, 4.69) is 58.3 Å². The minimum absolute atomic E-state index is 0.0132. The van der Waals surface area contributed by atoms with Gasteiger partial charge >= 0.3 is 0 Å². The van der Waals surface area contributed by atoms with Crippen molar-refractivity contribution in [2.24, 2.45) is 0 Å². The molecule has 0 radical (unpaired) electrons. The monoisotopic (exact) mass is 338 g/mol. The number of nitrogens with zero attached hydrogens (tertiary/aromatic N) is 1. The lowest BCUT2D eigenvalue weighted by atomic mass is 9.81. The minimum Gasteiger partial charge on any atom is -0.486 e. The predicted octanol–water partition coefficient (Wildman–Crippen LogP) is 3.35. The van der Waals surface area contributed by atoms with Gasteiger partial charge in [0.2, 0.25) is 0 Å². The topological polar surface area (TPSA) is 24.5 Å². The van der Waals surface area contributed by atoms with Crippen LogP contribution >= 0.6 is 15.9 Å². The first-order valence-corrected chi connectivity index (χ1v) is 8.31. The third-order valence-corrected chi connectivity index (χ3v) is 4.92.